The van der Waals surface area contributed by atoms with Crippen LogP contribution in [0.15, 0.2) is 12.3 Å². The van der Waals surface area contributed by atoms with Gasteiger partial charge < -0.3 is 10.6 Å². The monoisotopic (exact) mass is 273 g/mol. The molecule has 2 N–H and O–H groups in total. The van der Waals surface area contributed by atoms with E-state index in [2.05, 4.69) is 20.1 Å². The van der Waals surface area contributed by atoms with Gasteiger partial charge in [-0.05, 0) is 6.07 Å². The molecule has 0 unspecified atom stereocenters. The molecule has 0 aliphatic heterocycles. The van der Waals surface area contributed by atoms with Crippen LogP contribution in [0.1, 0.15) is 5.69 Å². The van der Waals surface area contributed by atoms with Crippen LogP contribution in [0.25, 0.3) is 5.95 Å². The molecule has 0 fully saturated rings. The molecule has 2 aromatic heterocycles. The van der Waals surface area contributed by atoms with Crippen LogP contribution in [0.5, 0.6) is 0 Å². The molecule has 0 spiro atoms. The molecule has 0 aliphatic carbocycles. The lowest BCUT2D eigenvalue weighted by atomic mass is 10.4. The van der Waals surface area contributed by atoms with Crippen molar-refractivity contribution in [1.82, 2.24) is 24.7 Å². The Bertz CT molecular complexity index is 590. The zero-order valence-electron chi connectivity index (χ0n) is 10.0. The van der Waals surface area contributed by atoms with Crippen molar-refractivity contribution in [3.05, 3.63) is 18.0 Å². The largest absolute Gasteiger partial charge is 0.435 e. The molecule has 0 radical (unpaired) electrons. The average Bonchev–Trinajstić information content (AvgIpc) is 2.76. The van der Waals surface area contributed by atoms with E-state index in [1.807, 2.05) is 0 Å². The zero-order valence-corrected chi connectivity index (χ0v) is 10.0. The first-order chi connectivity index (χ1) is 8.77. The lowest BCUT2D eigenvalue weighted by Gasteiger charge is -2.11. The van der Waals surface area contributed by atoms with Gasteiger partial charge in [-0.15, -0.1) is 0 Å². The van der Waals surface area contributed by atoms with E-state index >= 15 is 0 Å². The number of aromatic nitrogens is 5. The van der Waals surface area contributed by atoms with E-state index in [1.54, 1.807) is 19.0 Å². The number of anilines is 2. The van der Waals surface area contributed by atoms with Crippen molar-refractivity contribution < 1.29 is 13.2 Å². The van der Waals surface area contributed by atoms with Crippen LogP contribution in [0.3, 0.4) is 0 Å². The van der Waals surface area contributed by atoms with Gasteiger partial charge in [0.25, 0.3) is 5.95 Å². The van der Waals surface area contributed by atoms with E-state index in [9.17, 15) is 13.2 Å². The topological polar surface area (TPSA) is 85.8 Å². The van der Waals surface area contributed by atoms with Gasteiger partial charge in [0.05, 0.1) is 0 Å². The van der Waals surface area contributed by atoms with Crippen molar-refractivity contribution in [3.63, 3.8) is 0 Å². The van der Waals surface area contributed by atoms with Gasteiger partial charge >= 0.3 is 6.18 Å². The van der Waals surface area contributed by atoms with Gasteiger partial charge in [0, 0.05) is 20.3 Å². The summed E-state index contributed by atoms with van der Waals surface area (Å²) in [7, 11) is 3.34. The highest BCUT2D eigenvalue weighted by molar-refractivity contribution is 5.36. The number of nitrogen functional groups attached to an aromatic ring is 1. The summed E-state index contributed by atoms with van der Waals surface area (Å²) in [4.78, 5) is 13.1. The molecule has 0 aliphatic rings. The molecule has 0 amide bonds. The molecule has 0 saturated carbocycles. The number of hydrogen-bond donors (Lipinski definition) is 1. The highest BCUT2D eigenvalue weighted by atomic mass is 19.4. The van der Waals surface area contributed by atoms with Gasteiger partial charge in [0.15, 0.2) is 5.69 Å². The molecule has 102 valence electrons. The molecule has 2 rings (SSSR count). The number of alkyl halides is 3. The minimum Gasteiger partial charge on any atom is -0.368 e. The van der Waals surface area contributed by atoms with Crippen LogP contribution < -0.4 is 10.6 Å². The first kappa shape index (κ1) is 13.1. The number of rotatable bonds is 2. The fourth-order valence-electron chi connectivity index (χ4n) is 1.26. The van der Waals surface area contributed by atoms with Crippen molar-refractivity contribution in [1.29, 1.82) is 0 Å². The maximum atomic E-state index is 12.4. The summed E-state index contributed by atoms with van der Waals surface area (Å²) in [5, 5.41) is 3.36. The van der Waals surface area contributed by atoms with Gasteiger partial charge in [-0.3, -0.25) is 0 Å². The van der Waals surface area contributed by atoms with Crippen molar-refractivity contribution in [2.24, 2.45) is 0 Å². The second-order valence-electron chi connectivity index (χ2n) is 3.83. The van der Waals surface area contributed by atoms with E-state index in [1.165, 1.54) is 0 Å². The Morgan fingerprint density at radius 1 is 1.21 bits per heavy atom. The smallest absolute Gasteiger partial charge is 0.368 e. The van der Waals surface area contributed by atoms with Crippen LogP contribution in [0, 0.1) is 0 Å². The quantitative estimate of drug-likeness (QED) is 0.868. The fraction of sp³-hybridized carbons (Fsp3) is 0.333. The Labute approximate surface area is 105 Å². The Balaban J connectivity index is 2.44. The number of halogens is 3. The van der Waals surface area contributed by atoms with E-state index in [4.69, 9.17) is 5.73 Å². The molecule has 0 aromatic carbocycles. The summed E-state index contributed by atoms with van der Waals surface area (Å²) in [5.74, 6) is 0.0519. The Hall–Kier alpha value is -2.39. The van der Waals surface area contributed by atoms with Crippen LogP contribution in [-0.2, 0) is 6.18 Å². The molecule has 2 heterocycles. The molecule has 10 heteroatoms. The SMILES string of the molecule is CN(C)c1nc(N)nc(-n2ccc(C(F)(F)F)n2)n1. The first-order valence-corrected chi connectivity index (χ1v) is 5.09. The predicted octanol–water partition coefficient (Wildman–Crippen LogP) is 0.724. The van der Waals surface area contributed by atoms with Gasteiger partial charge in [0.2, 0.25) is 11.9 Å². The molecule has 19 heavy (non-hydrogen) atoms. The van der Waals surface area contributed by atoms with E-state index in [-0.39, 0.29) is 17.8 Å². The van der Waals surface area contributed by atoms with Gasteiger partial charge in [-0.25, -0.2) is 4.68 Å². The predicted molar refractivity (Wildman–Crippen MR) is 60.7 cm³/mol. The molecule has 0 atom stereocenters. The maximum absolute atomic E-state index is 12.4. The van der Waals surface area contributed by atoms with Crippen molar-refractivity contribution in [3.8, 4) is 5.95 Å². The van der Waals surface area contributed by atoms with Crippen LogP contribution in [0.2, 0.25) is 0 Å². The Morgan fingerprint density at radius 2 is 1.89 bits per heavy atom. The summed E-state index contributed by atoms with van der Waals surface area (Å²) in [6.45, 7) is 0. The highest BCUT2D eigenvalue weighted by Gasteiger charge is 2.33. The summed E-state index contributed by atoms with van der Waals surface area (Å²) < 4.78 is 38.2. The molecular weight excluding hydrogens is 263 g/mol. The average molecular weight is 273 g/mol. The lowest BCUT2D eigenvalue weighted by Crippen LogP contribution is -2.17. The third kappa shape index (κ3) is 2.72. The van der Waals surface area contributed by atoms with Crippen LogP contribution >= 0.6 is 0 Å². The van der Waals surface area contributed by atoms with Crippen molar-refractivity contribution in [2.75, 3.05) is 24.7 Å². The third-order valence-electron chi connectivity index (χ3n) is 2.11. The van der Waals surface area contributed by atoms with E-state index in [0.29, 0.717) is 0 Å². The number of hydrogen-bond acceptors (Lipinski definition) is 6. The van der Waals surface area contributed by atoms with Crippen LogP contribution in [0.4, 0.5) is 25.1 Å². The zero-order chi connectivity index (χ0) is 14.2. The molecule has 7 nitrogen and oxygen atoms in total. The summed E-state index contributed by atoms with van der Waals surface area (Å²) >= 11 is 0. The van der Waals surface area contributed by atoms with E-state index in [0.717, 1.165) is 16.9 Å². The van der Waals surface area contributed by atoms with Gasteiger partial charge in [0.1, 0.15) is 0 Å². The van der Waals surface area contributed by atoms with Gasteiger partial charge in [-0.2, -0.15) is 33.2 Å². The standard InChI is InChI=1S/C9H10F3N7/c1-18(2)7-14-6(13)15-8(16-7)19-4-3-5(17-19)9(10,11)12/h3-4H,1-2H3,(H2,13,14,15,16). The Morgan fingerprint density at radius 3 is 2.42 bits per heavy atom. The van der Waals surface area contributed by atoms with E-state index < -0.39 is 11.9 Å². The van der Waals surface area contributed by atoms with Crippen molar-refractivity contribution in [2.45, 2.75) is 6.18 Å². The Kier molecular flexibility index (Phi) is 3.00. The highest BCUT2D eigenvalue weighted by Crippen LogP contribution is 2.27. The first-order valence-electron chi connectivity index (χ1n) is 5.09. The second kappa shape index (κ2) is 4.37. The number of nitrogens with zero attached hydrogens (tertiary/aromatic N) is 6. The number of nitrogens with two attached hydrogens (primary N) is 1. The molecular formula is C9H10F3N7. The fourth-order valence-corrected chi connectivity index (χ4v) is 1.26. The minimum absolute atomic E-state index is 0.0771. The normalized spacial score (nSPS) is 11.6. The second-order valence-corrected chi connectivity index (χ2v) is 3.83. The van der Waals surface area contributed by atoms with Crippen molar-refractivity contribution >= 4 is 11.9 Å². The summed E-state index contributed by atoms with van der Waals surface area (Å²) in [6.07, 6.45) is -3.41. The summed E-state index contributed by atoms with van der Waals surface area (Å²) in [5.41, 5.74) is 4.45. The minimum atomic E-state index is -4.52. The lowest BCUT2D eigenvalue weighted by molar-refractivity contribution is -0.141. The third-order valence-corrected chi connectivity index (χ3v) is 2.11. The molecule has 2 aromatic rings. The molecule has 0 bridgehead atoms. The molecule has 0 saturated heterocycles. The maximum Gasteiger partial charge on any atom is 0.435 e. The van der Waals surface area contributed by atoms with Gasteiger partial charge in [-0.1, -0.05) is 0 Å². The summed E-state index contributed by atoms with van der Waals surface area (Å²) in [6, 6.07) is 0.829. The van der Waals surface area contributed by atoms with Crippen LogP contribution in [-0.4, -0.2) is 38.8 Å².